The molecule has 2 heterocycles. The van der Waals surface area contributed by atoms with Crippen LogP contribution >= 0.6 is 0 Å². The largest absolute Gasteiger partial charge is 0.496 e. The Morgan fingerprint density at radius 3 is 2.45 bits per heavy atom. The highest BCUT2D eigenvalue weighted by atomic mass is 32.2. The van der Waals surface area contributed by atoms with Crippen molar-refractivity contribution in [1.82, 2.24) is 9.29 Å². The number of ether oxygens (including phenoxy) is 4. The van der Waals surface area contributed by atoms with Crippen LogP contribution in [0.25, 0.3) is 10.9 Å². The summed E-state index contributed by atoms with van der Waals surface area (Å²) in [7, 11) is -1.38. The number of non-ortho nitro benzene ring substituents is 1. The monoisotopic (exact) mass is 960 g/mol. The molecular formula is C52H56N4O12S. The number of nitro groups is 1. The number of hydrogen-bond acceptors (Lipinski definition) is 14. The molecule has 0 saturated heterocycles. The minimum Gasteiger partial charge on any atom is -0.496 e. The van der Waals surface area contributed by atoms with Crippen LogP contribution in [0.5, 0.6) is 23.0 Å². The first kappa shape index (κ1) is 48.9. The molecule has 3 aliphatic rings. The summed E-state index contributed by atoms with van der Waals surface area (Å²) in [5, 5.41) is 36.8. The highest BCUT2D eigenvalue weighted by molar-refractivity contribution is 7.89. The molecule has 16 nitrogen and oxygen atoms in total. The molecule has 1 aromatic heterocycles. The Morgan fingerprint density at radius 1 is 0.986 bits per heavy atom. The number of aliphatic hydroxyl groups is 2. The second kappa shape index (κ2) is 21.4. The predicted molar refractivity (Wildman–Crippen MR) is 258 cm³/mol. The maximum atomic E-state index is 15.3. The second-order valence-corrected chi connectivity index (χ2v) is 19.4. The summed E-state index contributed by atoms with van der Waals surface area (Å²) in [6.07, 6.45) is 9.92. The number of aromatic nitrogens is 1. The number of rotatable bonds is 22. The highest BCUT2D eigenvalue weighted by Gasteiger charge is 2.66. The Kier molecular flexibility index (Phi) is 15.2. The number of allylic oxidation sites excluding steroid dienone is 1. The summed E-state index contributed by atoms with van der Waals surface area (Å²) >= 11 is 0. The molecule has 1 saturated carbocycles. The van der Waals surface area contributed by atoms with Gasteiger partial charge in [0.1, 0.15) is 34.5 Å². The molecule has 8 rings (SSSR count). The Balaban J connectivity index is 1.33. The molecule has 0 unspecified atom stereocenters. The van der Waals surface area contributed by atoms with Crippen molar-refractivity contribution in [3.05, 3.63) is 148 Å². The van der Waals surface area contributed by atoms with Crippen LogP contribution in [0.1, 0.15) is 72.3 Å². The van der Waals surface area contributed by atoms with Crippen LogP contribution in [-0.4, -0.2) is 90.6 Å². The number of carbonyl (C=O) groups is 1. The first-order chi connectivity index (χ1) is 33.5. The Labute approximate surface area is 401 Å². The van der Waals surface area contributed by atoms with Gasteiger partial charge in [0.15, 0.2) is 6.29 Å². The first-order valence-electron chi connectivity index (χ1n) is 23.0. The molecule has 1 fully saturated rings. The Hall–Kier alpha value is -6.50. The number of benzene rings is 4. The average Bonchev–Trinajstić information content (AvgIpc) is 3.36. The lowest BCUT2D eigenvalue weighted by Gasteiger charge is -2.59. The fourth-order valence-corrected chi connectivity index (χ4v) is 11.8. The fourth-order valence-electron chi connectivity index (χ4n) is 10.3. The van der Waals surface area contributed by atoms with Crippen LogP contribution in [0.3, 0.4) is 0 Å². The van der Waals surface area contributed by atoms with Gasteiger partial charge in [0.25, 0.3) is 5.69 Å². The lowest BCUT2D eigenvalue weighted by molar-refractivity contribution is -0.384. The molecular weight excluding hydrogens is 905 g/mol. The minimum atomic E-state index is -4.38. The maximum Gasteiger partial charge on any atom is 0.269 e. The van der Waals surface area contributed by atoms with Crippen molar-refractivity contribution in [2.24, 2.45) is 22.9 Å². The van der Waals surface area contributed by atoms with E-state index in [2.05, 4.69) is 17.6 Å². The molecule has 362 valence electrons. The van der Waals surface area contributed by atoms with E-state index in [-0.39, 0.29) is 55.3 Å². The van der Waals surface area contributed by atoms with Crippen molar-refractivity contribution < 1.29 is 52.1 Å². The van der Waals surface area contributed by atoms with Gasteiger partial charge in [-0.05, 0) is 109 Å². The van der Waals surface area contributed by atoms with Gasteiger partial charge in [0.2, 0.25) is 15.8 Å². The van der Waals surface area contributed by atoms with Crippen molar-refractivity contribution in [3.63, 3.8) is 0 Å². The smallest absolute Gasteiger partial charge is 0.269 e. The molecule has 0 bridgehead atoms. The van der Waals surface area contributed by atoms with E-state index < -0.39 is 38.6 Å². The van der Waals surface area contributed by atoms with E-state index in [1.807, 2.05) is 6.07 Å². The average molecular weight is 961 g/mol. The van der Waals surface area contributed by atoms with E-state index in [9.17, 15) is 25.1 Å². The van der Waals surface area contributed by atoms with Crippen molar-refractivity contribution in [3.8, 4) is 23.0 Å². The summed E-state index contributed by atoms with van der Waals surface area (Å²) in [5.74, 6) is -1.35. The number of oxime groups is 1. The number of hydrogen-bond donors (Lipinski definition) is 2. The van der Waals surface area contributed by atoms with Gasteiger partial charge in [-0.1, -0.05) is 48.3 Å². The van der Waals surface area contributed by atoms with Crippen molar-refractivity contribution in [1.29, 1.82) is 0 Å². The summed E-state index contributed by atoms with van der Waals surface area (Å²) in [5.41, 5.74) is 3.17. The van der Waals surface area contributed by atoms with Gasteiger partial charge >= 0.3 is 0 Å². The number of para-hydroxylation sites is 1. The Bertz CT molecular complexity index is 2850. The summed E-state index contributed by atoms with van der Waals surface area (Å²) < 4.78 is 57.9. The summed E-state index contributed by atoms with van der Waals surface area (Å²) in [6, 6.07) is 23.9. The van der Waals surface area contributed by atoms with Gasteiger partial charge in [0.05, 0.1) is 47.4 Å². The topological polar surface area (TPSA) is 209 Å². The predicted octanol–water partition coefficient (Wildman–Crippen LogP) is 8.91. The van der Waals surface area contributed by atoms with Gasteiger partial charge in [0, 0.05) is 61.9 Å². The van der Waals surface area contributed by atoms with E-state index in [1.165, 1.54) is 36.7 Å². The van der Waals surface area contributed by atoms with Gasteiger partial charge in [-0.15, -0.1) is 6.58 Å². The summed E-state index contributed by atoms with van der Waals surface area (Å²) in [4.78, 5) is 33.5. The number of unbranched alkanes of at least 4 members (excludes halogenated alkanes) is 2. The van der Waals surface area contributed by atoms with Crippen LogP contribution in [0.4, 0.5) is 5.69 Å². The normalized spacial score (nSPS) is 22.2. The third-order valence-corrected chi connectivity index (χ3v) is 15.4. The fraction of sp³-hybridized carbons (Fsp3) is 0.365. The number of pyridine rings is 1. The molecule has 4 aromatic carbocycles. The number of sulfonamides is 1. The van der Waals surface area contributed by atoms with E-state index >= 15 is 8.42 Å². The van der Waals surface area contributed by atoms with E-state index in [1.54, 1.807) is 79.0 Å². The number of carbonyl (C=O) groups excluding carboxylic acids is 1. The highest BCUT2D eigenvalue weighted by Crippen LogP contribution is 2.62. The van der Waals surface area contributed by atoms with Crippen LogP contribution in [0.2, 0.25) is 0 Å². The molecule has 0 amide bonds. The molecule has 0 radical (unpaired) electrons. The number of likely N-dealkylation sites (N-methyl/N-ethyl adjacent to an activating group) is 1. The third-order valence-electron chi connectivity index (χ3n) is 13.5. The molecule has 2 aliphatic carbocycles. The lowest BCUT2D eigenvalue weighted by atomic mass is 9.55. The molecule has 2 N–H and O–H groups in total. The molecule has 5 aromatic rings. The van der Waals surface area contributed by atoms with Crippen molar-refractivity contribution in [2.75, 3.05) is 34.0 Å². The molecule has 6 atom stereocenters. The molecule has 1 aliphatic heterocycles. The molecule has 0 spiro atoms. The standard InChI is InChI=1S/C52H56N4O12S/c1-4-27-65-52-48(55(2)69(62,63)47-15-9-12-35-13-10-24-53-51(35)47)31-44(54-66-33-34-16-18-38(19-17-34)56(60)61)42-29-36(11-5-7-25-57)41(14-6-8-26-58)49(50(42)52)43-30-40(21-23-46(43)68-52)67-39-20-22-45(64-3)37(28-39)32-59/h4,9-10,12-13,15-24,28-30,32,36,41,48-50,57-58H,1,5-8,11,14,25-27,31,33H2,2-3H3/t36-,41+,48-,49+,50+,52+/m0/s1. The maximum absolute atomic E-state index is 15.3. The SMILES string of the molecule is C=CCO[C@@]12Oc3ccc(Oc4ccc(OC)c(C=O)c4)cc3[C@H]3[C@H](CCCCO)[C@@H](CCCCO)C=C(C(=NOCc4ccc([N+](=O)[O-])cc4)C[C@@H]1N(C)S(=O)(=O)c1cccc4cccnc14)[C@H]32. The van der Waals surface area contributed by atoms with E-state index in [4.69, 9.17) is 28.9 Å². The number of nitro benzene ring substituents is 1. The van der Waals surface area contributed by atoms with Crippen LogP contribution in [0.15, 0.2) is 132 Å². The van der Waals surface area contributed by atoms with Crippen molar-refractivity contribution >= 4 is 38.6 Å². The van der Waals surface area contributed by atoms with Gasteiger partial charge in [-0.25, -0.2) is 8.42 Å². The van der Waals surface area contributed by atoms with Crippen LogP contribution in [-0.2, 0) is 26.2 Å². The summed E-state index contributed by atoms with van der Waals surface area (Å²) in [6.45, 7) is 3.96. The molecule has 69 heavy (non-hydrogen) atoms. The number of fused-ring (bicyclic) bond motifs is 3. The van der Waals surface area contributed by atoms with Gasteiger partial charge < -0.3 is 34.0 Å². The first-order valence-corrected chi connectivity index (χ1v) is 24.5. The second-order valence-electron chi connectivity index (χ2n) is 17.4. The Morgan fingerprint density at radius 2 is 1.72 bits per heavy atom. The van der Waals surface area contributed by atoms with Gasteiger partial charge in [-0.2, -0.15) is 4.31 Å². The number of aliphatic hydroxyl groups excluding tert-OH is 2. The van der Waals surface area contributed by atoms with Crippen molar-refractivity contribution in [2.45, 2.75) is 74.2 Å². The number of methoxy groups -OCH3 is 1. The minimum absolute atomic E-state index is 0.00243. The van der Waals surface area contributed by atoms with E-state index in [0.717, 1.165) is 11.1 Å². The quantitative estimate of drug-likeness (QED) is 0.0219. The lowest BCUT2D eigenvalue weighted by Crippen LogP contribution is -2.69. The van der Waals surface area contributed by atoms with Crippen LogP contribution in [0, 0.1) is 27.9 Å². The zero-order chi connectivity index (χ0) is 48.7. The van der Waals surface area contributed by atoms with E-state index in [0.29, 0.717) is 95.6 Å². The zero-order valence-electron chi connectivity index (χ0n) is 38.5. The third kappa shape index (κ3) is 9.87. The molecule has 17 heteroatoms. The number of aldehydes is 1. The number of nitrogens with zero attached hydrogens (tertiary/aromatic N) is 4. The zero-order valence-corrected chi connectivity index (χ0v) is 39.3. The van der Waals surface area contributed by atoms with Gasteiger partial charge in [-0.3, -0.25) is 19.9 Å². The van der Waals surface area contributed by atoms with Crippen LogP contribution < -0.4 is 14.2 Å².